The molecule has 2 N–H and O–H groups in total. The Hall–Kier alpha value is -3.13. The number of H-pyrrole nitrogens is 1. The molecule has 2 aromatic carbocycles. The number of hydrogen-bond donors (Lipinski definition) is 2. The van der Waals surface area contributed by atoms with Gasteiger partial charge in [0.05, 0.1) is 36.1 Å². The van der Waals surface area contributed by atoms with E-state index >= 15 is 0 Å². The molecular formula is C23H21ClN4O3. The third kappa shape index (κ3) is 4.20. The zero-order valence-electron chi connectivity index (χ0n) is 16.7. The fourth-order valence-corrected chi connectivity index (χ4v) is 3.83. The maximum Gasteiger partial charge on any atom is 0.301 e. The molecule has 1 aliphatic heterocycles. The number of fused-ring (bicyclic) bond motifs is 1. The summed E-state index contributed by atoms with van der Waals surface area (Å²) in [6.07, 6.45) is 0. The van der Waals surface area contributed by atoms with Crippen LogP contribution in [0.3, 0.4) is 0 Å². The minimum absolute atomic E-state index is 0.0104. The van der Waals surface area contributed by atoms with E-state index < -0.39 is 0 Å². The van der Waals surface area contributed by atoms with Gasteiger partial charge >= 0.3 is 6.01 Å². The van der Waals surface area contributed by atoms with Crippen molar-refractivity contribution in [3.8, 4) is 23.0 Å². The molecule has 5 rings (SSSR count). The average Bonchev–Trinajstić information content (AvgIpc) is 3.20. The van der Waals surface area contributed by atoms with E-state index in [0.29, 0.717) is 33.6 Å². The molecule has 4 aromatic rings. The molecule has 1 aliphatic rings. The van der Waals surface area contributed by atoms with Crippen LogP contribution in [0.5, 0.6) is 11.8 Å². The Morgan fingerprint density at radius 3 is 2.48 bits per heavy atom. The van der Waals surface area contributed by atoms with E-state index in [1.54, 1.807) is 24.3 Å². The lowest BCUT2D eigenvalue weighted by Gasteiger charge is -2.28. The van der Waals surface area contributed by atoms with Gasteiger partial charge in [0.2, 0.25) is 0 Å². The highest BCUT2D eigenvalue weighted by atomic mass is 35.5. The molecule has 1 fully saturated rings. The molecule has 0 aliphatic carbocycles. The number of rotatable bonds is 5. The topological polar surface area (TPSA) is 83.5 Å². The summed E-state index contributed by atoms with van der Waals surface area (Å²) in [6, 6.07) is 17.5. The number of anilines is 1. The molecule has 2 aromatic heterocycles. The van der Waals surface area contributed by atoms with Crippen LogP contribution in [-0.4, -0.2) is 46.4 Å². The summed E-state index contributed by atoms with van der Waals surface area (Å²) in [5.74, 6) is 0.612. The smallest absolute Gasteiger partial charge is 0.301 e. The Kier molecular flexibility index (Phi) is 5.46. The van der Waals surface area contributed by atoms with Gasteiger partial charge in [0.25, 0.3) is 0 Å². The van der Waals surface area contributed by atoms with Crippen molar-refractivity contribution in [2.45, 2.75) is 6.61 Å². The minimum Gasteiger partial charge on any atom is -0.426 e. The second-order valence-electron chi connectivity index (χ2n) is 7.28. The summed E-state index contributed by atoms with van der Waals surface area (Å²) in [7, 11) is 0. The quantitative estimate of drug-likeness (QED) is 0.482. The zero-order chi connectivity index (χ0) is 21.2. The first kappa shape index (κ1) is 19.8. The lowest BCUT2D eigenvalue weighted by molar-refractivity contribution is 0.122. The van der Waals surface area contributed by atoms with Crippen LogP contribution >= 0.6 is 11.6 Å². The normalized spacial score (nSPS) is 14.2. The van der Waals surface area contributed by atoms with Gasteiger partial charge < -0.3 is 24.5 Å². The number of aromatic amines is 1. The molecule has 1 saturated heterocycles. The van der Waals surface area contributed by atoms with E-state index in [4.69, 9.17) is 26.2 Å². The maximum atomic E-state index is 9.15. The zero-order valence-corrected chi connectivity index (χ0v) is 17.5. The van der Waals surface area contributed by atoms with Gasteiger partial charge in [-0.25, -0.2) is 4.98 Å². The van der Waals surface area contributed by atoms with Crippen LogP contribution in [0.25, 0.3) is 22.4 Å². The highest BCUT2D eigenvalue weighted by molar-refractivity contribution is 6.33. The van der Waals surface area contributed by atoms with E-state index in [1.807, 2.05) is 18.2 Å². The Morgan fingerprint density at radius 1 is 1.03 bits per heavy atom. The van der Waals surface area contributed by atoms with Gasteiger partial charge in [-0.1, -0.05) is 35.9 Å². The van der Waals surface area contributed by atoms with Crippen LogP contribution in [0.15, 0.2) is 54.6 Å². The summed E-state index contributed by atoms with van der Waals surface area (Å²) in [4.78, 5) is 14.5. The number of ether oxygens (including phenoxy) is 2. The van der Waals surface area contributed by atoms with Gasteiger partial charge in [-0.3, -0.25) is 0 Å². The van der Waals surface area contributed by atoms with Gasteiger partial charge in [0.15, 0.2) is 5.65 Å². The predicted molar refractivity (Wildman–Crippen MR) is 120 cm³/mol. The molecule has 8 heteroatoms. The largest absolute Gasteiger partial charge is 0.426 e. The number of morpholine rings is 1. The Balaban J connectivity index is 1.39. The van der Waals surface area contributed by atoms with Crippen molar-refractivity contribution in [2.24, 2.45) is 0 Å². The number of aliphatic hydroxyl groups is 1. The van der Waals surface area contributed by atoms with E-state index in [9.17, 15) is 0 Å². The van der Waals surface area contributed by atoms with Gasteiger partial charge in [-0.05, 0) is 35.9 Å². The summed E-state index contributed by atoms with van der Waals surface area (Å²) in [6.45, 7) is 3.28. The maximum absolute atomic E-state index is 9.15. The lowest BCUT2D eigenvalue weighted by Crippen LogP contribution is -2.36. The number of nitrogens with zero attached hydrogens (tertiary/aromatic N) is 3. The third-order valence-electron chi connectivity index (χ3n) is 5.24. The molecule has 0 unspecified atom stereocenters. The molecule has 31 heavy (non-hydrogen) atoms. The molecule has 0 radical (unpaired) electrons. The summed E-state index contributed by atoms with van der Waals surface area (Å²) < 4.78 is 11.2. The molecule has 158 valence electrons. The molecule has 0 spiro atoms. The number of aromatic nitrogens is 3. The highest BCUT2D eigenvalue weighted by Crippen LogP contribution is 2.31. The van der Waals surface area contributed by atoms with Crippen molar-refractivity contribution in [3.05, 3.63) is 65.2 Å². The molecule has 0 saturated carbocycles. The van der Waals surface area contributed by atoms with Crippen molar-refractivity contribution < 1.29 is 14.6 Å². The first-order valence-corrected chi connectivity index (χ1v) is 10.4. The fraction of sp³-hybridized carbons (Fsp3) is 0.217. The highest BCUT2D eigenvalue weighted by Gasteiger charge is 2.14. The monoisotopic (exact) mass is 436 g/mol. The van der Waals surface area contributed by atoms with E-state index in [1.165, 1.54) is 0 Å². The number of nitrogens with one attached hydrogen (secondary N) is 1. The van der Waals surface area contributed by atoms with E-state index in [2.05, 4.69) is 32.0 Å². The fourth-order valence-electron chi connectivity index (χ4n) is 3.57. The summed E-state index contributed by atoms with van der Waals surface area (Å²) in [5.41, 5.74) is 4.79. The number of pyridine rings is 1. The first-order chi connectivity index (χ1) is 15.2. The molecule has 0 bridgehead atoms. The van der Waals surface area contributed by atoms with Gasteiger partial charge in [0.1, 0.15) is 5.75 Å². The van der Waals surface area contributed by atoms with E-state index in [-0.39, 0.29) is 6.61 Å². The summed E-state index contributed by atoms with van der Waals surface area (Å²) >= 11 is 6.53. The van der Waals surface area contributed by atoms with Gasteiger partial charge in [-0.2, -0.15) is 4.98 Å². The van der Waals surface area contributed by atoms with Crippen molar-refractivity contribution in [3.63, 3.8) is 0 Å². The van der Waals surface area contributed by atoms with Crippen LogP contribution in [0, 0.1) is 0 Å². The average molecular weight is 437 g/mol. The van der Waals surface area contributed by atoms with Crippen molar-refractivity contribution in [2.75, 3.05) is 31.2 Å². The second kappa shape index (κ2) is 8.55. The minimum atomic E-state index is -0.0104. The Morgan fingerprint density at radius 2 is 1.77 bits per heavy atom. The van der Waals surface area contributed by atoms with Crippen molar-refractivity contribution in [1.29, 1.82) is 0 Å². The molecule has 0 amide bonds. The number of imidazole rings is 1. The SMILES string of the molecule is OCc1ccc(Oc2nc3nc(-c4ccc(N5CCOCC5)cc4)c(Cl)cc3[nH]2)cc1. The predicted octanol–water partition coefficient (Wildman–Crippen LogP) is 4.40. The van der Waals surface area contributed by atoms with Gasteiger partial charge in [0, 0.05) is 24.3 Å². The third-order valence-corrected chi connectivity index (χ3v) is 5.53. The summed E-state index contributed by atoms with van der Waals surface area (Å²) in [5, 5.41) is 9.69. The van der Waals surface area contributed by atoms with E-state index in [0.717, 1.165) is 43.1 Å². The van der Waals surface area contributed by atoms with Crippen molar-refractivity contribution in [1.82, 2.24) is 15.0 Å². The standard InChI is InChI=1S/C23H21ClN4O3/c24-19-13-20-22(27-23(25-20)31-18-7-1-15(14-29)2-8-18)26-21(19)16-3-5-17(6-4-16)28-9-11-30-12-10-28/h1-8,13,29H,9-12,14H2,(H,25,26,27). The second-order valence-corrected chi connectivity index (χ2v) is 7.69. The van der Waals surface area contributed by atoms with Crippen LogP contribution in [0.2, 0.25) is 5.02 Å². The lowest BCUT2D eigenvalue weighted by atomic mass is 10.1. The van der Waals surface area contributed by atoms with Crippen LogP contribution in [-0.2, 0) is 11.3 Å². The Bertz CT molecular complexity index is 1190. The van der Waals surface area contributed by atoms with Crippen LogP contribution in [0.4, 0.5) is 5.69 Å². The number of aliphatic hydroxyl groups excluding tert-OH is 1. The van der Waals surface area contributed by atoms with Crippen molar-refractivity contribution >= 4 is 28.5 Å². The first-order valence-electron chi connectivity index (χ1n) is 10.1. The molecular weight excluding hydrogens is 416 g/mol. The number of halogens is 1. The van der Waals surface area contributed by atoms with Crippen LogP contribution in [0.1, 0.15) is 5.56 Å². The number of benzene rings is 2. The van der Waals surface area contributed by atoms with Crippen LogP contribution < -0.4 is 9.64 Å². The Labute approximate surface area is 184 Å². The molecule has 3 heterocycles. The van der Waals surface area contributed by atoms with Gasteiger partial charge in [-0.15, -0.1) is 0 Å². The molecule has 0 atom stereocenters. The number of hydrogen-bond acceptors (Lipinski definition) is 6. The molecule has 7 nitrogen and oxygen atoms in total.